The fourth-order valence-corrected chi connectivity index (χ4v) is 4.26. The Morgan fingerprint density at radius 3 is 2.93 bits per heavy atom. The van der Waals surface area contributed by atoms with Gasteiger partial charge in [-0.1, -0.05) is 19.8 Å². The summed E-state index contributed by atoms with van der Waals surface area (Å²) in [7, 11) is 0. The van der Waals surface area contributed by atoms with Gasteiger partial charge in [-0.25, -0.2) is 0 Å². The molecule has 0 radical (unpaired) electrons. The van der Waals surface area contributed by atoms with E-state index in [0.717, 1.165) is 6.54 Å². The Kier molecular flexibility index (Phi) is 3.86. The molecule has 1 aliphatic heterocycles. The molecule has 2 rings (SSSR count). The molecule has 2 heterocycles. The van der Waals surface area contributed by atoms with E-state index in [-0.39, 0.29) is 5.54 Å². The summed E-state index contributed by atoms with van der Waals surface area (Å²) in [5, 5.41) is 8.26. The number of halogens is 1. The number of hydrogen-bond acceptors (Lipinski definition) is 2. The van der Waals surface area contributed by atoms with Crippen molar-refractivity contribution in [1.82, 2.24) is 5.32 Å². The molecule has 1 saturated heterocycles. The van der Waals surface area contributed by atoms with Gasteiger partial charge in [0.15, 0.2) is 0 Å². The molecule has 1 aromatic heterocycles. The van der Waals surface area contributed by atoms with Crippen LogP contribution >= 0.6 is 27.3 Å². The van der Waals surface area contributed by atoms with Gasteiger partial charge < -0.3 is 5.32 Å². The molecule has 0 spiro atoms. The van der Waals surface area contributed by atoms with Crippen molar-refractivity contribution < 1.29 is 0 Å². The molecule has 3 heteroatoms. The van der Waals surface area contributed by atoms with Gasteiger partial charge in [0.05, 0.1) is 0 Å². The molecule has 0 aliphatic carbocycles. The quantitative estimate of drug-likeness (QED) is 0.856. The zero-order valence-electron chi connectivity index (χ0n) is 9.18. The zero-order chi connectivity index (χ0) is 10.7. The molecule has 0 bridgehead atoms. The van der Waals surface area contributed by atoms with Crippen LogP contribution in [0.4, 0.5) is 0 Å². The number of nitrogens with one attached hydrogen (secondary N) is 1. The van der Waals surface area contributed by atoms with E-state index in [1.54, 1.807) is 11.3 Å². The zero-order valence-corrected chi connectivity index (χ0v) is 11.6. The minimum Gasteiger partial charge on any atom is -0.307 e. The Morgan fingerprint density at radius 2 is 2.27 bits per heavy atom. The monoisotopic (exact) mass is 287 g/mol. The highest BCUT2D eigenvalue weighted by atomic mass is 79.9. The second kappa shape index (κ2) is 4.98. The first-order chi connectivity index (χ1) is 7.28. The molecular weight excluding hydrogens is 270 g/mol. The van der Waals surface area contributed by atoms with Crippen LogP contribution in [-0.2, 0) is 5.54 Å². The lowest BCUT2D eigenvalue weighted by Gasteiger charge is -2.33. The van der Waals surface area contributed by atoms with Gasteiger partial charge in [0.1, 0.15) is 0 Å². The van der Waals surface area contributed by atoms with Gasteiger partial charge in [0, 0.05) is 15.4 Å². The Morgan fingerprint density at radius 1 is 1.40 bits per heavy atom. The SMILES string of the molecule is CCC1(c2cscc2Br)CCCCCN1. The van der Waals surface area contributed by atoms with Crippen molar-refractivity contribution in [2.24, 2.45) is 0 Å². The van der Waals surface area contributed by atoms with Crippen LogP contribution in [0.3, 0.4) is 0 Å². The van der Waals surface area contributed by atoms with Crippen molar-refractivity contribution in [3.8, 4) is 0 Å². The van der Waals surface area contributed by atoms with E-state index in [4.69, 9.17) is 0 Å². The lowest BCUT2D eigenvalue weighted by Crippen LogP contribution is -2.41. The standard InChI is InChI=1S/C12H18BrNS/c1-2-12(6-4-3-5-7-14-12)10-8-15-9-11(10)13/h8-9,14H,2-7H2,1H3. The van der Waals surface area contributed by atoms with Gasteiger partial charge in [-0.3, -0.25) is 0 Å². The molecule has 0 aromatic carbocycles. The lowest BCUT2D eigenvalue weighted by atomic mass is 9.85. The van der Waals surface area contributed by atoms with E-state index < -0.39 is 0 Å². The van der Waals surface area contributed by atoms with Crippen molar-refractivity contribution in [3.05, 3.63) is 20.8 Å². The Balaban J connectivity index is 2.30. The minimum atomic E-state index is 0.231. The maximum Gasteiger partial charge on any atom is 0.0451 e. The third-order valence-electron chi connectivity index (χ3n) is 3.48. The number of thiophene rings is 1. The minimum absolute atomic E-state index is 0.231. The molecule has 0 saturated carbocycles. The second-order valence-electron chi connectivity index (χ2n) is 4.31. The third-order valence-corrected chi connectivity index (χ3v) is 5.18. The average Bonchev–Trinajstić information content (AvgIpc) is 2.56. The molecule has 1 N–H and O–H groups in total. The Hall–Kier alpha value is 0.140. The lowest BCUT2D eigenvalue weighted by molar-refractivity contribution is 0.312. The maximum absolute atomic E-state index is 3.76. The van der Waals surface area contributed by atoms with Crippen LogP contribution in [0.2, 0.25) is 0 Å². The average molecular weight is 288 g/mol. The molecule has 1 aromatic rings. The van der Waals surface area contributed by atoms with E-state index in [1.165, 1.54) is 42.1 Å². The van der Waals surface area contributed by atoms with Crippen LogP contribution in [0, 0.1) is 0 Å². The fourth-order valence-electron chi connectivity index (χ4n) is 2.49. The second-order valence-corrected chi connectivity index (χ2v) is 5.90. The summed E-state index contributed by atoms with van der Waals surface area (Å²) in [4.78, 5) is 0. The van der Waals surface area contributed by atoms with Gasteiger partial charge in [-0.2, -0.15) is 11.3 Å². The van der Waals surface area contributed by atoms with Gasteiger partial charge in [0.2, 0.25) is 0 Å². The fraction of sp³-hybridized carbons (Fsp3) is 0.667. The van der Waals surface area contributed by atoms with Crippen LogP contribution in [-0.4, -0.2) is 6.54 Å². The predicted molar refractivity (Wildman–Crippen MR) is 70.5 cm³/mol. The molecular formula is C12H18BrNS. The number of hydrogen-bond donors (Lipinski definition) is 1. The summed E-state index contributed by atoms with van der Waals surface area (Å²) >= 11 is 5.47. The smallest absolute Gasteiger partial charge is 0.0451 e. The highest BCUT2D eigenvalue weighted by Crippen LogP contribution is 2.38. The highest BCUT2D eigenvalue weighted by molar-refractivity contribution is 9.10. The molecule has 1 nitrogen and oxygen atoms in total. The summed E-state index contributed by atoms with van der Waals surface area (Å²) in [6.07, 6.45) is 6.50. The summed E-state index contributed by atoms with van der Waals surface area (Å²) in [5.41, 5.74) is 1.70. The van der Waals surface area contributed by atoms with Crippen molar-refractivity contribution >= 4 is 27.3 Å². The Bertz CT molecular complexity index is 313. The first-order valence-corrected chi connectivity index (χ1v) is 7.49. The van der Waals surface area contributed by atoms with Crippen molar-refractivity contribution in [2.75, 3.05) is 6.54 Å². The molecule has 1 aliphatic rings. The summed E-state index contributed by atoms with van der Waals surface area (Å²) in [6.45, 7) is 3.46. The molecule has 15 heavy (non-hydrogen) atoms. The Labute approximate surface area is 104 Å². The molecule has 84 valence electrons. The number of rotatable bonds is 2. The van der Waals surface area contributed by atoms with Gasteiger partial charge in [-0.05, 0) is 52.7 Å². The topological polar surface area (TPSA) is 12.0 Å². The first-order valence-electron chi connectivity index (χ1n) is 5.76. The van der Waals surface area contributed by atoms with Crippen LogP contribution in [0.25, 0.3) is 0 Å². The summed E-state index contributed by atoms with van der Waals surface area (Å²) in [6, 6.07) is 0. The van der Waals surface area contributed by atoms with E-state index in [9.17, 15) is 0 Å². The molecule has 0 amide bonds. The third kappa shape index (κ3) is 2.29. The summed E-state index contributed by atoms with van der Waals surface area (Å²) in [5.74, 6) is 0. The first kappa shape index (κ1) is 11.6. The van der Waals surface area contributed by atoms with E-state index in [0.29, 0.717) is 0 Å². The van der Waals surface area contributed by atoms with Gasteiger partial charge in [0.25, 0.3) is 0 Å². The maximum atomic E-state index is 3.76. The largest absolute Gasteiger partial charge is 0.307 e. The van der Waals surface area contributed by atoms with Crippen LogP contribution < -0.4 is 5.32 Å². The van der Waals surface area contributed by atoms with Crippen molar-refractivity contribution in [1.29, 1.82) is 0 Å². The van der Waals surface area contributed by atoms with Crippen LogP contribution in [0.1, 0.15) is 44.6 Å². The van der Waals surface area contributed by atoms with Crippen molar-refractivity contribution in [3.63, 3.8) is 0 Å². The molecule has 1 atom stereocenters. The van der Waals surface area contributed by atoms with Crippen molar-refractivity contribution in [2.45, 2.75) is 44.6 Å². The van der Waals surface area contributed by atoms with Gasteiger partial charge >= 0.3 is 0 Å². The highest BCUT2D eigenvalue weighted by Gasteiger charge is 2.32. The summed E-state index contributed by atoms with van der Waals surface area (Å²) < 4.78 is 1.28. The molecule has 1 unspecified atom stereocenters. The van der Waals surface area contributed by atoms with E-state index >= 15 is 0 Å². The van der Waals surface area contributed by atoms with Crippen LogP contribution in [0.15, 0.2) is 15.2 Å². The van der Waals surface area contributed by atoms with E-state index in [2.05, 4.69) is 38.9 Å². The molecule has 1 fully saturated rings. The van der Waals surface area contributed by atoms with Crippen LogP contribution in [0.5, 0.6) is 0 Å². The predicted octanol–water partition coefficient (Wildman–Crippen LogP) is 4.28. The van der Waals surface area contributed by atoms with Gasteiger partial charge in [-0.15, -0.1) is 0 Å². The normalized spacial score (nSPS) is 27.6. The van der Waals surface area contributed by atoms with E-state index in [1.807, 2.05) is 0 Å².